The van der Waals surface area contributed by atoms with E-state index in [1.54, 1.807) is 0 Å². The Morgan fingerprint density at radius 3 is 2.53 bits per heavy atom. The number of rotatable bonds is 1. The molecule has 1 heterocycles. The maximum atomic E-state index is 5.55. The van der Waals surface area contributed by atoms with Crippen LogP contribution in [0.3, 0.4) is 0 Å². The average Bonchev–Trinajstić information content (AvgIpc) is 2.30. The molecule has 0 atom stereocenters. The molecule has 0 saturated heterocycles. The normalized spacial score (nSPS) is 13.3. The van der Waals surface area contributed by atoms with Crippen molar-refractivity contribution in [3.05, 3.63) is 29.3 Å². The van der Waals surface area contributed by atoms with Crippen LogP contribution in [0.2, 0.25) is 0 Å². The molecule has 2 rings (SSSR count). The highest BCUT2D eigenvalue weighted by Crippen LogP contribution is 2.27. The van der Waals surface area contributed by atoms with Gasteiger partial charge >= 0.3 is 0 Å². The van der Waals surface area contributed by atoms with E-state index in [1.165, 1.54) is 30.4 Å². The van der Waals surface area contributed by atoms with Gasteiger partial charge in [-0.05, 0) is 30.9 Å². The number of ether oxygens (including phenoxy) is 1. The maximum Gasteiger partial charge on any atom is 0.125 e. The molecule has 1 aliphatic heterocycles. The van der Waals surface area contributed by atoms with E-state index in [9.17, 15) is 0 Å². The lowest BCUT2D eigenvalue weighted by molar-refractivity contribution is 0.286. The van der Waals surface area contributed by atoms with Crippen molar-refractivity contribution in [2.45, 2.75) is 46.5 Å². The molecule has 1 aliphatic rings. The third kappa shape index (κ3) is 3.58. The Kier molecular flexibility index (Phi) is 5.23. The summed E-state index contributed by atoms with van der Waals surface area (Å²) < 4.78 is 5.55. The van der Waals surface area contributed by atoms with Crippen LogP contribution in [0, 0.1) is 6.92 Å². The van der Waals surface area contributed by atoms with E-state index in [1.807, 2.05) is 0 Å². The Labute approximate surface area is 93.5 Å². The lowest BCUT2D eigenvalue weighted by Crippen LogP contribution is -2.09. The second-order valence-corrected chi connectivity index (χ2v) is 4.02. The third-order valence-electron chi connectivity index (χ3n) is 2.63. The first kappa shape index (κ1) is 12.1. The molecule has 1 aromatic carbocycles. The first-order valence-corrected chi connectivity index (χ1v) is 6.00. The summed E-state index contributed by atoms with van der Waals surface area (Å²) in [5, 5.41) is 0. The minimum Gasteiger partial charge on any atom is -0.493 e. The molecule has 0 bridgehead atoms. The standard InChI is InChI=1S/C10H12O.C4H10/c1-8-4-2-5-9-6-3-7-11-10(8)9;1-3-4-2/h2,4-5H,3,6-7H2,1H3;3-4H2,1-2H3. The van der Waals surface area contributed by atoms with Crippen LogP contribution in [-0.2, 0) is 6.42 Å². The van der Waals surface area contributed by atoms with Crippen LogP contribution >= 0.6 is 0 Å². The molecule has 15 heavy (non-hydrogen) atoms. The summed E-state index contributed by atoms with van der Waals surface area (Å²) in [5.41, 5.74) is 2.64. The van der Waals surface area contributed by atoms with E-state index < -0.39 is 0 Å². The second-order valence-electron chi connectivity index (χ2n) is 4.02. The van der Waals surface area contributed by atoms with Gasteiger partial charge < -0.3 is 4.74 Å². The number of fused-ring (bicyclic) bond motifs is 1. The molecule has 84 valence electrons. The summed E-state index contributed by atoms with van der Waals surface area (Å²) in [7, 11) is 0. The average molecular weight is 206 g/mol. The minimum absolute atomic E-state index is 0.887. The third-order valence-corrected chi connectivity index (χ3v) is 2.63. The molecule has 0 aromatic heterocycles. The monoisotopic (exact) mass is 206 g/mol. The summed E-state index contributed by atoms with van der Waals surface area (Å²) in [6.07, 6.45) is 4.98. The molecule has 0 unspecified atom stereocenters. The van der Waals surface area contributed by atoms with Gasteiger partial charge in [0.05, 0.1) is 6.61 Å². The Balaban J connectivity index is 0.000000245. The molecule has 0 radical (unpaired) electrons. The molecular weight excluding hydrogens is 184 g/mol. The highest BCUT2D eigenvalue weighted by atomic mass is 16.5. The van der Waals surface area contributed by atoms with Gasteiger partial charge in [-0.2, -0.15) is 0 Å². The zero-order valence-electron chi connectivity index (χ0n) is 10.2. The van der Waals surface area contributed by atoms with E-state index in [-0.39, 0.29) is 0 Å². The van der Waals surface area contributed by atoms with E-state index in [4.69, 9.17) is 4.74 Å². The highest BCUT2D eigenvalue weighted by molar-refractivity contribution is 5.41. The second kappa shape index (κ2) is 6.49. The van der Waals surface area contributed by atoms with Gasteiger partial charge in [0.15, 0.2) is 0 Å². The Morgan fingerprint density at radius 1 is 1.20 bits per heavy atom. The van der Waals surface area contributed by atoms with Crippen molar-refractivity contribution in [1.82, 2.24) is 0 Å². The summed E-state index contributed by atoms with van der Waals surface area (Å²) in [6, 6.07) is 6.36. The minimum atomic E-state index is 0.887. The quantitative estimate of drug-likeness (QED) is 0.671. The number of hydrogen-bond acceptors (Lipinski definition) is 1. The largest absolute Gasteiger partial charge is 0.493 e. The topological polar surface area (TPSA) is 9.23 Å². The lowest BCUT2D eigenvalue weighted by Gasteiger charge is -2.18. The zero-order chi connectivity index (χ0) is 11.1. The van der Waals surface area contributed by atoms with E-state index in [0.717, 1.165) is 18.8 Å². The van der Waals surface area contributed by atoms with Crippen molar-refractivity contribution in [3.63, 3.8) is 0 Å². The van der Waals surface area contributed by atoms with Gasteiger partial charge in [0.25, 0.3) is 0 Å². The molecule has 0 N–H and O–H groups in total. The first-order valence-electron chi connectivity index (χ1n) is 6.00. The van der Waals surface area contributed by atoms with Gasteiger partial charge in [-0.25, -0.2) is 0 Å². The summed E-state index contributed by atoms with van der Waals surface area (Å²) in [4.78, 5) is 0. The van der Waals surface area contributed by atoms with Gasteiger partial charge in [-0.1, -0.05) is 44.9 Å². The van der Waals surface area contributed by atoms with Crippen LogP contribution in [0.5, 0.6) is 5.75 Å². The van der Waals surface area contributed by atoms with E-state index in [0.29, 0.717) is 0 Å². The Bertz CT molecular complexity index is 289. The Hall–Kier alpha value is -0.980. The van der Waals surface area contributed by atoms with Crippen LogP contribution in [0.4, 0.5) is 0 Å². The van der Waals surface area contributed by atoms with Crippen LogP contribution in [0.1, 0.15) is 44.2 Å². The van der Waals surface area contributed by atoms with Crippen molar-refractivity contribution in [2.75, 3.05) is 6.61 Å². The molecule has 1 aromatic rings. The van der Waals surface area contributed by atoms with Crippen molar-refractivity contribution >= 4 is 0 Å². The molecule has 0 spiro atoms. The number of unbranched alkanes of at least 4 members (excludes halogenated alkanes) is 1. The molecule has 0 amide bonds. The van der Waals surface area contributed by atoms with Gasteiger partial charge in [-0.15, -0.1) is 0 Å². The predicted molar refractivity (Wildman–Crippen MR) is 65.6 cm³/mol. The number of benzene rings is 1. The smallest absolute Gasteiger partial charge is 0.125 e. The van der Waals surface area contributed by atoms with Crippen LogP contribution in [0.15, 0.2) is 18.2 Å². The SMILES string of the molecule is CCCC.Cc1cccc2c1OCCC2. The molecular formula is C14H22O. The first-order chi connectivity index (χ1) is 7.29. The number of para-hydroxylation sites is 1. The van der Waals surface area contributed by atoms with Crippen molar-refractivity contribution in [3.8, 4) is 5.75 Å². The fourth-order valence-corrected chi connectivity index (χ4v) is 1.55. The van der Waals surface area contributed by atoms with Crippen molar-refractivity contribution < 1.29 is 4.74 Å². The highest BCUT2D eigenvalue weighted by Gasteiger charge is 2.10. The lowest BCUT2D eigenvalue weighted by atomic mass is 10.0. The molecule has 0 aliphatic carbocycles. The Morgan fingerprint density at radius 2 is 1.93 bits per heavy atom. The molecule has 0 fully saturated rings. The fourth-order valence-electron chi connectivity index (χ4n) is 1.55. The van der Waals surface area contributed by atoms with Gasteiger partial charge in [0, 0.05) is 0 Å². The van der Waals surface area contributed by atoms with Crippen LogP contribution in [0.25, 0.3) is 0 Å². The van der Waals surface area contributed by atoms with Crippen LogP contribution in [-0.4, -0.2) is 6.61 Å². The molecule has 1 heteroatoms. The predicted octanol–water partition coefficient (Wildman–Crippen LogP) is 4.13. The summed E-state index contributed by atoms with van der Waals surface area (Å²) >= 11 is 0. The summed E-state index contributed by atoms with van der Waals surface area (Å²) in [6.45, 7) is 7.35. The summed E-state index contributed by atoms with van der Waals surface area (Å²) in [5.74, 6) is 1.12. The van der Waals surface area contributed by atoms with Gasteiger partial charge in [0.2, 0.25) is 0 Å². The van der Waals surface area contributed by atoms with Crippen molar-refractivity contribution in [1.29, 1.82) is 0 Å². The van der Waals surface area contributed by atoms with E-state index in [2.05, 4.69) is 39.0 Å². The number of aryl methyl sites for hydroxylation is 2. The van der Waals surface area contributed by atoms with Gasteiger partial charge in [0.1, 0.15) is 5.75 Å². The number of hydrogen-bond donors (Lipinski definition) is 0. The van der Waals surface area contributed by atoms with Crippen LogP contribution < -0.4 is 4.74 Å². The van der Waals surface area contributed by atoms with Crippen molar-refractivity contribution in [2.24, 2.45) is 0 Å². The zero-order valence-corrected chi connectivity index (χ0v) is 10.2. The molecule has 0 saturated carbocycles. The maximum absolute atomic E-state index is 5.55. The van der Waals surface area contributed by atoms with Gasteiger partial charge in [-0.3, -0.25) is 0 Å². The fraction of sp³-hybridized carbons (Fsp3) is 0.571. The van der Waals surface area contributed by atoms with E-state index >= 15 is 0 Å². The molecule has 1 nitrogen and oxygen atoms in total.